The summed E-state index contributed by atoms with van der Waals surface area (Å²) in [5.41, 5.74) is 4.54. The summed E-state index contributed by atoms with van der Waals surface area (Å²) in [6.45, 7) is -0.883. The summed E-state index contributed by atoms with van der Waals surface area (Å²) in [6, 6.07) is 0. The third-order valence-electron chi connectivity index (χ3n) is 3.27. The van der Waals surface area contributed by atoms with Crippen molar-refractivity contribution in [2.24, 2.45) is 0 Å². The van der Waals surface area contributed by atoms with Crippen LogP contribution in [0.3, 0.4) is 0 Å². The Hall–Kier alpha value is -0.700. The Morgan fingerprint density at radius 1 is 1.24 bits per heavy atom. The highest BCUT2D eigenvalue weighted by Crippen LogP contribution is 2.66. The molecular weight excluding hydrogens is 486 g/mol. The van der Waals surface area contributed by atoms with Crippen molar-refractivity contribution in [3.8, 4) is 0 Å². The van der Waals surface area contributed by atoms with Crippen LogP contribution >= 0.6 is 35.1 Å². The van der Waals surface area contributed by atoms with Crippen LogP contribution in [0, 0.1) is 0 Å². The molecule has 0 spiro atoms. The molecule has 1 aliphatic rings. The first-order valence-corrected chi connectivity index (χ1v) is 12.1. The number of aliphatic hydroxyl groups is 1. The first-order valence-electron chi connectivity index (χ1n) is 7.24. The number of hydrogen-bond donors (Lipinski definition) is 6. The van der Waals surface area contributed by atoms with Crippen molar-refractivity contribution in [2.45, 2.75) is 24.9 Å². The van der Waals surface area contributed by atoms with Crippen LogP contribution in [0.25, 0.3) is 0 Å². The van der Waals surface area contributed by atoms with E-state index in [0.29, 0.717) is 0 Å². The van der Waals surface area contributed by atoms with Crippen molar-refractivity contribution >= 4 is 40.9 Å². The van der Waals surface area contributed by atoms with Gasteiger partial charge in [-0.25, -0.2) is 18.5 Å². The number of aliphatic hydroxyl groups excluding tert-OH is 1. The highest BCUT2D eigenvalue weighted by molar-refractivity contribution is 7.66. The third-order valence-corrected chi connectivity index (χ3v) is 7.36. The van der Waals surface area contributed by atoms with Gasteiger partial charge in [0.2, 0.25) is 0 Å². The van der Waals surface area contributed by atoms with Crippen LogP contribution in [0.4, 0.5) is 5.82 Å². The van der Waals surface area contributed by atoms with E-state index in [-0.39, 0.29) is 17.3 Å². The van der Waals surface area contributed by atoms with Crippen LogP contribution < -0.4 is 11.4 Å². The highest BCUT2D eigenvalue weighted by Gasteiger charge is 2.43. The molecular formula is C9H15ClN3O13P3. The van der Waals surface area contributed by atoms with E-state index in [1.807, 2.05) is 0 Å². The van der Waals surface area contributed by atoms with Crippen molar-refractivity contribution in [2.75, 3.05) is 12.3 Å². The maximum absolute atomic E-state index is 11.9. The predicted octanol–water partition coefficient (Wildman–Crippen LogP) is -0.529. The number of halogens is 1. The number of aromatic nitrogens is 2. The monoisotopic (exact) mass is 501 g/mol. The Balaban J connectivity index is 2.02. The fraction of sp³-hybridized carbons (Fsp3) is 0.556. The largest absolute Gasteiger partial charge is 0.490 e. The lowest BCUT2D eigenvalue weighted by atomic mass is 10.2. The second-order valence-electron chi connectivity index (χ2n) is 5.48. The maximum Gasteiger partial charge on any atom is 0.490 e. The number of nitrogens with zero attached hydrogens (tertiary/aromatic N) is 2. The molecule has 1 aliphatic heterocycles. The summed E-state index contributed by atoms with van der Waals surface area (Å²) < 4.78 is 51.2. The van der Waals surface area contributed by atoms with E-state index in [9.17, 15) is 28.5 Å². The van der Waals surface area contributed by atoms with E-state index in [1.165, 1.54) is 0 Å². The van der Waals surface area contributed by atoms with Crippen LogP contribution in [0.15, 0.2) is 11.0 Å². The summed E-state index contributed by atoms with van der Waals surface area (Å²) in [4.78, 5) is 50.6. The molecule has 29 heavy (non-hydrogen) atoms. The van der Waals surface area contributed by atoms with Gasteiger partial charge in [-0.3, -0.25) is 9.09 Å². The first kappa shape index (κ1) is 24.6. The molecule has 1 fully saturated rings. The highest BCUT2D eigenvalue weighted by atomic mass is 35.5. The Morgan fingerprint density at radius 3 is 2.45 bits per heavy atom. The molecule has 5 atom stereocenters. The average Bonchev–Trinajstić information content (AvgIpc) is 2.86. The zero-order chi connectivity index (χ0) is 22.2. The van der Waals surface area contributed by atoms with E-state index in [1.54, 1.807) is 0 Å². The van der Waals surface area contributed by atoms with Crippen LogP contribution in [0.5, 0.6) is 0 Å². The number of ether oxygens (including phenoxy) is 1. The lowest BCUT2D eigenvalue weighted by Crippen LogP contribution is -2.28. The molecule has 0 bridgehead atoms. The van der Waals surface area contributed by atoms with E-state index >= 15 is 0 Å². The fourth-order valence-corrected chi connectivity index (χ4v) is 5.35. The number of phosphoric acid groups is 3. The van der Waals surface area contributed by atoms with Gasteiger partial charge in [-0.2, -0.15) is 13.6 Å². The normalized spacial score (nSPS) is 26.8. The van der Waals surface area contributed by atoms with Crippen LogP contribution in [0.2, 0.25) is 5.02 Å². The minimum Gasteiger partial charge on any atom is -0.390 e. The van der Waals surface area contributed by atoms with Gasteiger partial charge in [0.1, 0.15) is 18.1 Å². The number of phosphoric ester groups is 1. The maximum atomic E-state index is 11.9. The van der Waals surface area contributed by atoms with Crippen molar-refractivity contribution < 1.29 is 56.3 Å². The average molecular weight is 502 g/mol. The second kappa shape index (κ2) is 8.81. The van der Waals surface area contributed by atoms with Gasteiger partial charge in [-0.05, 0) is 0 Å². The van der Waals surface area contributed by atoms with E-state index in [2.05, 4.69) is 18.1 Å². The Kier molecular flexibility index (Phi) is 7.46. The molecule has 2 unspecified atom stereocenters. The lowest BCUT2D eigenvalue weighted by Gasteiger charge is -2.19. The van der Waals surface area contributed by atoms with E-state index in [0.717, 1.165) is 10.8 Å². The summed E-state index contributed by atoms with van der Waals surface area (Å²) in [6.07, 6.45) is -2.82. The zero-order valence-corrected chi connectivity index (χ0v) is 17.4. The van der Waals surface area contributed by atoms with Gasteiger partial charge in [-0.1, -0.05) is 11.6 Å². The number of hydrogen-bond acceptors (Lipinski definition) is 11. The van der Waals surface area contributed by atoms with Gasteiger partial charge in [-0.15, -0.1) is 0 Å². The van der Waals surface area contributed by atoms with Gasteiger partial charge in [0.05, 0.1) is 17.7 Å². The van der Waals surface area contributed by atoms with Gasteiger partial charge < -0.3 is 35.2 Å². The van der Waals surface area contributed by atoms with Gasteiger partial charge in [0.15, 0.2) is 0 Å². The standard InChI is InChI=1S/C9H15ClN3O13P3/c10-4-2-13(9(15)12-8(4)11)7-1-5(14)6(24-7)3-23-28(19,20)26-29(21,22)25-27(16,17)18/h2,5-7,14H,1,3H2,(H,19,20)(H,21,22)(H2,11,12,15)(H2,16,17,18)/t5-,6+,7+/m0/s1. The second-order valence-corrected chi connectivity index (χ2v) is 10.3. The topological polar surface area (TPSA) is 250 Å². The number of nitrogen functional groups attached to an aromatic ring is 1. The first-order chi connectivity index (χ1) is 13.1. The summed E-state index contributed by atoms with van der Waals surface area (Å²) in [5.74, 6) is -0.226. The molecule has 0 aliphatic carbocycles. The number of rotatable bonds is 8. The molecule has 0 saturated carbocycles. The van der Waals surface area contributed by atoms with Crippen molar-refractivity contribution in [1.82, 2.24) is 9.55 Å². The summed E-state index contributed by atoms with van der Waals surface area (Å²) >= 11 is 5.77. The van der Waals surface area contributed by atoms with Crippen molar-refractivity contribution in [1.29, 1.82) is 0 Å². The van der Waals surface area contributed by atoms with Crippen LogP contribution in [-0.4, -0.2) is 53.0 Å². The quantitative estimate of drug-likeness (QED) is 0.245. The van der Waals surface area contributed by atoms with E-state index < -0.39 is 54.2 Å². The van der Waals surface area contributed by atoms with Crippen LogP contribution in [-0.2, 0) is 31.6 Å². The molecule has 1 aromatic heterocycles. The fourth-order valence-electron chi connectivity index (χ4n) is 2.17. The predicted molar refractivity (Wildman–Crippen MR) is 92.3 cm³/mol. The minimum absolute atomic E-state index is 0.0700. The number of nitrogens with two attached hydrogens (primary N) is 1. The molecule has 1 aromatic rings. The lowest BCUT2D eigenvalue weighted by molar-refractivity contribution is -0.0449. The van der Waals surface area contributed by atoms with Crippen molar-refractivity contribution in [3.05, 3.63) is 21.7 Å². The van der Waals surface area contributed by atoms with Crippen molar-refractivity contribution in [3.63, 3.8) is 0 Å². The molecule has 166 valence electrons. The Bertz CT molecular complexity index is 965. The van der Waals surface area contributed by atoms with Gasteiger partial charge in [0.25, 0.3) is 0 Å². The Morgan fingerprint density at radius 2 is 1.86 bits per heavy atom. The molecule has 2 heterocycles. The summed E-state index contributed by atoms with van der Waals surface area (Å²) in [7, 11) is -16.6. The summed E-state index contributed by atoms with van der Waals surface area (Å²) in [5, 5.41) is 9.91. The minimum atomic E-state index is -5.67. The molecule has 0 amide bonds. The van der Waals surface area contributed by atoms with E-state index in [4.69, 9.17) is 36.8 Å². The molecule has 2 rings (SSSR count). The molecule has 0 aromatic carbocycles. The van der Waals surface area contributed by atoms with Gasteiger partial charge in [0, 0.05) is 12.6 Å². The van der Waals surface area contributed by atoms with Crippen LogP contribution in [0.1, 0.15) is 12.6 Å². The van der Waals surface area contributed by atoms with Gasteiger partial charge >= 0.3 is 29.2 Å². The zero-order valence-electron chi connectivity index (χ0n) is 13.9. The molecule has 1 saturated heterocycles. The molecule has 0 radical (unpaired) electrons. The smallest absolute Gasteiger partial charge is 0.390 e. The third kappa shape index (κ3) is 7.19. The number of anilines is 1. The Labute approximate surface area is 166 Å². The molecule has 7 N–H and O–H groups in total. The molecule has 20 heteroatoms. The SMILES string of the molecule is Nc1nc(=O)n([C@H]2C[C@H](O)[C@@H](COP(=O)(O)OP(=O)(O)OP(=O)(O)O)O2)cc1Cl. The molecule has 16 nitrogen and oxygen atoms in total.